The maximum absolute atomic E-state index is 11.8. The highest BCUT2D eigenvalue weighted by atomic mass is 32.1. The standard InChI is InChI=1S/C24H39N5O3S/c1-4-7-15-12-18(27-23-19(15)20(25)21(33-23)22(26)32)29-10-8-16(9-11-29)28-24(5-2,6-3)13-17(31)14-30/h12,16-17,28,30-31H,4-11,13-14,25H2,1-3H3,(H2,26,32). The summed E-state index contributed by atoms with van der Waals surface area (Å²) in [6, 6.07) is 2.47. The number of anilines is 2. The van der Waals surface area contributed by atoms with Crippen LogP contribution in [0.15, 0.2) is 6.07 Å². The highest BCUT2D eigenvalue weighted by molar-refractivity contribution is 7.21. The Hall–Kier alpha value is -1.94. The summed E-state index contributed by atoms with van der Waals surface area (Å²) in [5, 5.41) is 24.0. The smallest absolute Gasteiger partial charge is 0.260 e. The first kappa shape index (κ1) is 25.7. The number of nitrogen functional groups attached to an aromatic ring is 1. The fourth-order valence-corrected chi connectivity index (χ4v) is 5.99. The van der Waals surface area contributed by atoms with Gasteiger partial charge in [-0.2, -0.15) is 0 Å². The van der Waals surface area contributed by atoms with Gasteiger partial charge in [0.05, 0.1) is 18.4 Å². The molecule has 1 saturated heterocycles. The third-order valence-corrected chi connectivity index (χ3v) is 8.14. The summed E-state index contributed by atoms with van der Waals surface area (Å²) in [5.41, 5.74) is 13.2. The Labute approximate surface area is 200 Å². The Balaban J connectivity index is 1.77. The second-order valence-corrected chi connectivity index (χ2v) is 10.2. The van der Waals surface area contributed by atoms with E-state index < -0.39 is 12.0 Å². The van der Waals surface area contributed by atoms with E-state index in [2.05, 4.69) is 37.1 Å². The van der Waals surface area contributed by atoms with Crippen LogP contribution < -0.4 is 21.7 Å². The average Bonchev–Trinajstić information content (AvgIpc) is 3.16. The van der Waals surface area contributed by atoms with Gasteiger partial charge in [0.15, 0.2) is 0 Å². The van der Waals surface area contributed by atoms with Gasteiger partial charge in [-0.05, 0) is 50.2 Å². The maximum Gasteiger partial charge on any atom is 0.260 e. The lowest BCUT2D eigenvalue weighted by Crippen LogP contribution is -2.54. The first-order chi connectivity index (χ1) is 15.8. The number of rotatable bonds is 11. The number of thiophene rings is 1. The van der Waals surface area contributed by atoms with Crippen molar-refractivity contribution < 1.29 is 15.0 Å². The molecule has 0 spiro atoms. The lowest BCUT2D eigenvalue weighted by molar-refractivity contribution is 0.0528. The zero-order valence-electron chi connectivity index (χ0n) is 20.1. The quantitative estimate of drug-likeness (QED) is 0.335. The monoisotopic (exact) mass is 477 g/mol. The van der Waals surface area contributed by atoms with E-state index in [9.17, 15) is 15.0 Å². The van der Waals surface area contributed by atoms with E-state index >= 15 is 0 Å². The summed E-state index contributed by atoms with van der Waals surface area (Å²) < 4.78 is 0. The van der Waals surface area contributed by atoms with E-state index in [1.807, 2.05) is 0 Å². The second-order valence-electron chi connectivity index (χ2n) is 9.21. The van der Waals surface area contributed by atoms with Gasteiger partial charge in [-0.1, -0.05) is 27.2 Å². The van der Waals surface area contributed by atoms with E-state index in [4.69, 9.17) is 16.5 Å². The minimum Gasteiger partial charge on any atom is -0.397 e. The molecule has 3 heterocycles. The van der Waals surface area contributed by atoms with Gasteiger partial charge in [-0.15, -0.1) is 11.3 Å². The molecule has 1 aliphatic heterocycles. The van der Waals surface area contributed by atoms with Crippen LogP contribution in [0.5, 0.6) is 0 Å². The first-order valence-corrected chi connectivity index (χ1v) is 12.9. The molecule has 3 rings (SSSR count). The number of nitrogens with two attached hydrogens (primary N) is 2. The molecular formula is C24H39N5O3S. The fraction of sp³-hybridized carbons (Fsp3) is 0.667. The number of piperidine rings is 1. The number of carbonyl (C=O) groups is 1. The maximum atomic E-state index is 11.8. The van der Waals surface area contributed by atoms with Crippen molar-refractivity contribution in [3.8, 4) is 0 Å². The minimum atomic E-state index is -0.700. The molecule has 0 aliphatic carbocycles. The topological polar surface area (TPSA) is 138 Å². The number of hydrogen-bond donors (Lipinski definition) is 5. The van der Waals surface area contributed by atoms with Crippen molar-refractivity contribution in [3.05, 3.63) is 16.5 Å². The summed E-state index contributed by atoms with van der Waals surface area (Å²) in [4.78, 5) is 20.1. The van der Waals surface area contributed by atoms with Gasteiger partial charge in [0.1, 0.15) is 15.5 Å². The van der Waals surface area contributed by atoms with Crippen molar-refractivity contribution >= 4 is 39.0 Å². The number of primary amides is 1. The number of pyridine rings is 1. The van der Waals surface area contributed by atoms with Crippen LogP contribution in [0.2, 0.25) is 0 Å². The van der Waals surface area contributed by atoms with Crippen molar-refractivity contribution in [3.63, 3.8) is 0 Å². The number of nitrogens with zero attached hydrogens (tertiary/aromatic N) is 2. The molecule has 1 aliphatic rings. The van der Waals surface area contributed by atoms with Crippen LogP contribution in [0.25, 0.3) is 10.2 Å². The van der Waals surface area contributed by atoms with E-state index in [-0.39, 0.29) is 12.1 Å². The van der Waals surface area contributed by atoms with Gasteiger partial charge >= 0.3 is 0 Å². The molecule has 0 bridgehead atoms. The Morgan fingerprint density at radius 3 is 2.55 bits per heavy atom. The van der Waals surface area contributed by atoms with E-state index in [1.54, 1.807) is 0 Å². The highest BCUT2D eigenvalue weighted by Gasteiger charge is 2.33. The van der Waals surface area contributed by atoms with Crippen molar-refractivity contribution in [1.29, 1.82) is 0 Å². The van der Waals surface area contributed by atoms with Crippen molar-refractivity contribution in [2.45, 2.75) is 83.4 Å². The van der Waals surface area contributed by atoms with E-state index in [0.29, 0.717) is 23.0 Å². The number of amides is 1. The Morgan fingerprint density at radius 1 is 1.33 bits per heavy atom. The normalized spacial score (nSPS) is 16.5. The fourth-order valence-electron chi connectivity index (χ4n) is 5.00. The number of aliphatic hydroxyl groups excluding tert-OH is 2. The number of fused-ring (bicyclic) bond motifs is 1. The van der Waals surface area contributed by atoms with Crippen LogP contribution in [0.1, 0.15) is 74.5 Å². The first-order valence-electron chi connectivity index (χ1n) is 12.1. The number of hydrogen-bond acceptors (Lipinski definition) is 8. The molecule has 184 valence electrons. The predicted octanol–water partition coefficient (Wildman–Crippen LogP) is 2.79. The minimum absolute atomic E-state index is 0.167. The number of aromatic nitrogens is 1. The van der Waals surface area contributed by atoms with Crippen LogP contribution in [0.3, 0.4) is 0 Å². The summed E-state index contributed by atoms with van der Waals surface area (Å²) in [6.07, 6.45) is 5.44. The van der Waals surface area contributed by atoms with Crippen molar-refractivity contribution in [1.82, 2.24) is 10.3 Å². The lowest BCUT2D eigenvalue weighted by atomic mass is 9.84. The summed E-state index contributed by atoms with van der Waals surface area (Å²) >= 11 is 1.28. The molecule has 9 heteroatoms. The molecule has 1 atom stereocenters. The van der Waals surface area contributed by atoms with E-state index in [0.717, 1.165) is 73.2 Å². The number of carbonyl (C=O) groups excluding carboxylic acids is 1. The van der Waals surface area contributed by atoms with Gasteiger partial charge in [0, 0.05) is 30.1 Å². The number of nitrogens with one attached hydrogen (secondary N) is 1. The van der Waals surface area contributed by atoms with Crippen molar-refractivity contribution in [2.24, 2.45) is 5.73 Å². The summed E-state index contributed by atoms with van der Waals surface area (Å²) in [6.45, 7) is 7.94. The van der Waals surface area contributed by atoms with E-state index in [1.165, 1.54) is 11.3 Å². The third-order valence-electron chi connectivity index (χ3n) is 7.03. The molecule has 8 nitrogen and oxygen atoms in total. The van der Waals surface area contributed by atoms with Crippen LogP contribution in [0.4, 0.5) is 11.5 Å². The van der Waals surface area contributed by atoms with Crippen LogP contribution >= 0.6 is 11.3 Å². The average molecular weight is 478 g/mol. The van der Waals surface area contributed by atoms with Gasteiger partial charge in [0.25, 0.3) is 5.91 Å². The largest absolute Gasteiger partial charge is 0.397 e. The second kappa shape index (κ2) is 11.0. The van der Waals surface area contributed by atoms with Crippen LogP contribution in [0, 0.1) is 0 Å². The molecule has 2 aromatic rings. The Kier molecular flexibility index (Phi) is 8.55. The van der Waals surface area contributed by atoms with Crippen LogP contribution in [-0.4, -0.2) is 58.5 Å². The SMILES string of the molecule is CCCc1cc(N2CCC(NC(CC)(CC)CC(O)CO)CC2)nc2sc(C(N)=O)c(N)c12. The zero-order chi connectivity index (χ0) is 24.2. The number of aryl methyl sites for hydroxylation is 1. The lowest BCUT2D eigenvalue weighted by Gasteiger charge is -2.41. The number of aliphatic hydroxyl groups is 2. The molecule has 7 N–H and O–H groups in total. The Morgan fingerprint density at radius 2 is 2.00 bits per heavy atom. The van der Waals surface area contributed by atoms with Gasteiger partial charge < -0.3 is 31.9 Å². The molecule has 33 heavy (non-hydrogen) atoms. The molecule has 2 aromatic heterocycles. The molecule has 1 fully saturated rings. The summed E-state index contributed by atoms with van der Waals surface area (Å²) in [7, 11) is 0. The molecule has 0 saturated carbocycles. The molecule has 0 aromatic carbocycles. The highest BCUT2D eigenvalue weighted by Crippen LogP contribution is 2.37. The predicted molar refractivity (Wildman–Crippen MR) is 136 cm³/mol. The molecule has 1 amide bonds. The van der Waals surface area contributed by atoms with Gasteiger partial charge in [-0.3, -0.25) is 4.79 Å². The van der Waals surface area contributed by atoms with Gasteiger partial charge in [-0.25, -0.2) is 4.98 Å². The molecule has 1 unspecified atom stereocenters. The molecule has 0 radical (unpaired) electrons. The van der Waals surface area contributed by atoms with Crippen LogP contribution in [-0.2, 0) is 6.42 Å². The van der Waals surface area contributed by atoms with Gasteiger partial charge in [0.2, 0.25) is 0 Å². The summed E-state index contributed by atoms with van der Waals surface area (Å²) in [5.74, 6) is 0.419. The molecular weight excluding hydrogens is 438 g/mol. The van der Waals surface area contributed by atoms with Crippen molar-refractivity contribution in [2.75, 3.05) is 30.3 Å². The third kappa shape index (κ3) is 5.59. The Bertz CT molecular complexity index is 951. The zero-order valence-corrected chi connectivity index (χ0v) is 20.9.